The first-order chi connectivity index (χ1) is 5.99. The average molecular weight is 182 g/mol. The number of carboxylic acids is 1. The van der Waals surface area contributed by atoms with Gasteiger partial charge in [0.2, 0.25) is 0 Å². The first-order valence-electron chi connectivity index (χ1n) is 4.65. The van der Waals surface area contributed by atoms with Crippen LogP contribution in [0.1, 0.15) is 33.6 Å². The van der Waals surface area contributed by atoms with E-state index in [0.717, 1.165) is 6.42 Å². The molecule has 74 valence electrons. The molecule has 0 aromatic heterocycles. The van der Waals surface area contributed by atoms with Gasteiger partial charge in [-0.25, -0.2) is 0 Å². The van der Waals surface area contributed by atoms with Crippen molar-refractivity contribution >= 4 is 5.97 Å². The summed E-state index contributed by atoms with van der Waals surface area (Å²) in [5, 5.41) is 8.89. The smallest absolute Gasteiger partial charge is 0.307 e. The molecule has 0 fully saturated rings. The van der Waals surface area contributed by atoms with E-state index in [-0.39, 0.29) is 11.8 Å². The van der Waals surface area contributed by atoms with E-state index in [1.165, 1.54) is 0 Å². The number of aliphatic carboxylic acids is 1. The predicted octanol–water partition coefficient (Wildman–Crippen LogP) is 2.39. The van der Waals surface area contributed by atoms with Crippen LogP contribution in [0.15, 0.2) is 0 Å². The molecule has 0 aliphatic rings. The summed E-state index contributed by atoms with van der Waals surface area (Å²) in [5.74, 6) is 1.95. The van der Waals surface area contributed by atoms with E-state index in [1.807, 2.05) is 6.92 Å². The van der Waals surface area contributed by atoms with Gasteiger partial charge in [0.1, 0.15) is 0 Å². The molecule has 0 spiro atoms. The van der Waals surface area contributed by atoms with Crippen LogP contribution in [0.2, 0.25) is 0 Å². The lowest BCUT2D eigenvalue weighted by Crippen LogP contribution is -2.22. The fourth-order valence-electron chi connectivity index (χ4n) is 1.57. The van der Waals surface area contributed by atoms with Crippen molar-refractivity contribution in [2.45, 2.75) is 33.6 Å². The molecule has 13 heavy (non-hydrogen) atoms. The molecule has 2 heteroatoms. The van der Waals surface area contributed by atoms with E-state index in [0.29, 0.717) is 12.3 Å². The monoisotopic (exact) mass is 182 g/mol. The number of terminal acetylenes is 1. The fraction of sp³-hybridized carbons (Fsp3) is 0.727. The van der Waals surface area contributed by atoms with Gasteiger partial charge < -0.3 is 5.11 Å². The van der Waals surface area contributed by atoms with Gasteiger partial charge in [0.15, 0.2) is 0 Å². The lowest BCUT2D eigenvalue weighted by molar-refractivity contribution is -0.143. The molecule has 0 saturated heterocycles. The maximum atomic E-state index is 10.8. The molecule has 2 unspecified atom stereocenters. The second-order valence-electron chi connectivity index (χ2n) is 3.96. The summed E-state index contributed by atoms with van der Waals surface area (Å²) in [4.78, 5) is 10.8. The molecule has 0 aliphatic heterocycles. The van der Waals surface area contributed by atoms with Crippen molar-refractivity contribution < 1.29 is 9.90 Å². The van der Waals surface area contributed by atoms with Crippen LogP contribution in [0.25, 0.3) is 0 Å². The van der Waals surface area contributed by atoms with Crippen molar-refractivity contribution in [1.82, 2.24) is 0 Å². The maximum Gasteiger partial charge on any atom is 0.307 e. The molecule has 0 saturated carbocycles. The van der Waals surface area contributed by atoms with E-state index < -0.39 is 5.97 Å². The molecular formula is C11H18O2. The molecule has 0 heterocycles. The normalized spacial score (nSPS) is 15.0. The predicted molar refractivity (Wildman–Crippen MR) is 53.2 cm³/mol. The molecule has 0 bridgehead atoms. The van der Waals surface area contributed by atoms with E-state index in [2.05, 4.69) is 19.8 Å². The summed E-state index contributed by atoms with van der Waals surface area (Å²) in [6, 6.07) is 0. The molecule has 2 atom stereocenters. The molecule has 0 aliphatic carbocycles. The first-order valence-corrected chi connectivity index (χ1v) is 4.65. The molecule has 0 radical (unpaired) electrons. The van der Waals surface area contributed by atoms with Crippen molar-refractivity contribution in [2.24, 2.45) is 17.8 Å². The van der Waals surface area contributed by atoms with Gasteiger partial charge in [0, 0.05) is 6.42 Å². The molecule has 0 amide bonds. The summed E-state index contributed by atoms with van der Waals surface area (Å²) in [6.07, 6.45) is 6.37. The van der Waals surface area contributed by atoms with Crippen molar-refractivity contribution in [3.05, 3.63) is 0 Å². The average Bonchev–Trinajstić information content (AvgIpc) is 1.97. The Hall–Kier alpha value is -0.970. The Labute approximate surface area is 80.3 Å². The second-order valence-corrected chi connectivity index (χ2v) is 3.96. The Kier molecular flexibility index (Phi) is 5.22. The van der Waals surface area contributed by atoms with Crippen LogP contribution in [-0.4, -0.2) is 11.1 Å². The fourth-order valence-corrected chi connectivity index (χ4v) is 1.57. The summed E-state index contributed by atoms with van der Waals surface area (Å²) in [6.45, 7) is 6.13. The zero-order valence-corrected chi connectivity index (χ0v) is 8.58. The van der Waals surface area contributed by atoms with E-state index >= 15 is 0 Å². The maximum absolute atomic E-state index is 10.8. The van der Waals surface area contributed by atoms with Gasteiger partial charge in [-0.05, 0) is 18.3 Å². The van der Waals surface area contributed by atoms with Crippen LogP contribution in [-0.2, 0) is 4.79 Å². The number of carboxylic acid groups (broad SMARTS) is 1. The number of hydrogen-bond donors (Lipinski definition) is 1. The second kappa shape index (κ2) is 5.64. The van der Waals surface area contributed by atoms with Gasteiger partial charge in [-0.2, -0.15) is 0 Å². The van der Waals surface area contributed by atoms with Gasteiger partial charge in [-0.3, -0.25) is 4.79 Å². The quantitative estimate of drug-likeness (QED) is 0.663. The standard InChI is InChI=1S/C11H18O2/c1-5-6-10(11(12)13)9(4)7-8(2)3/h1,8-10H,6-7H2,2-4H3,(H,12,13). The third-order valence-corrected chi connectivity index (χ3v) is 2.19. The van der Waals surface area contributed by atoms with Gasteiger partial charge >= 0.3 is 5.97 Å². The minimum absolute atomic E-state index is 0.161. The number of carbonyl (C=O) groups is 1. The Bertz CT molecular complexity index is 201. The van der Waals surface area contributed by atoms with E-state index in [9.17, 15) is 4.79 Å². The zero-order valence-electron chi connectivity index (χ0n) is 8.58. The Balaban J connectivity index is 4.21. The molecule has 0 rings (SSSR count). The summed E-state index contributed by atoms with van der Waals surface area (Å²) >= 11 is 0. The molecule has 0 aromatic carbocycles. The Morgan fingerprint density at radius 3 is 2.31 bits per heavy atom. The first kappa shape index (κ1) is 12.0. The molecule has 2 nitrogen and oxygen atoms in total. The number of hydrogen-bond acceptors (Lipinski definition) is 1. The van der Waals surface area contributed by atoms with Gasteiger partial charge in [-0.1, -0.05) is 20.8 Å². The van der Waals surface area contributed by atoms with Crippen molar-refractivity contribution in [3.63, 3.8) is 0 Å². The third-order valence-electron chi connectivity index (χ3n) is 2.19. The minimum Gasteiger partial charge on any atom is -0.481 e. The van der Waals surface area contributed by atoms with Crippen LogP contribution in [0.4, 0.5) is 0 Å². The SMILES string of the molecule is C#CCC(C(=O)O)C(C)CC(C)C. The highest BCUT2D eigenvalue weighted by Gasteiger charge is 2.23. The van der Waals surface area contributed by atoms with E-state index in [4.69, 9.17) is 11.5 Å². The lowest BCUT2D eigenvalue weighted by Gasteiger charge is -2.19. The number of rotatable bonds is 5. The highest BCUT2D eigenvalue weighted by atomic mass is 16.4. The largest absolute Gasteiger partial charge is 0.481 e. The van der Waals surface area contributed by atoms with Gasteiger partial charge in [-0.15, -0.1) is 12.3 Å². The van der Waals surface area contributed by atoms with E-state index in [1.54, 1.807) is 0 Å². The Morgan fingerprint density at radius 1 is 1.46 bits per heavy atom. The lowest BCUT2D eigenvalue weighted by atomic mass is 9.85. The summed E-state index contributed by atoms with van der Waals surface area (Å²) in [7, 11) is 0. The van der Waals surface area contributed by atoms with Gasteiger partial charge in [0.05, 0.1) is 5.92 Å². The molecule has 1 N–H and O–H groups in total. The van der Waals surface area contributed by atoms with Gasteiger partial charge in [0.25, 0.3) is 0 Å². The Morgan fingerprint density at radius 2 is 2.00 bits per heavy atom. The molecular weight excluding hydrogens is 164 g/mol. The third kappa shape index (κ3) is 4.57. The highest BCUT2D eigenvalue weighted by molar-refractivity contribution is 5.70. The highest BCUT2D eigenvalue weighted by Crippen LogP contribution is 2.22. The summed E-state index contributed by atoms with van der Waals surface area (Å²) in [5.41, 5.74) is 0. The van der Waals surface area contributed by atoms with Crippen LogP contribution in [0.5, 0.6) is 0 Å². The topological polar surface area (TPSA) is 37.3 Å². The van der Waals surface area contributed by atoms with Crippen LogP contribution in [0, 0.1) is 30.1 Å². The van der Waals surface area contributed by atoms with Crippen molar-refractivity contribution in [3.8, 4) is 12.3 Å². The van der Waals surface area contributed by atoms with Crippen LogP contribution in [0.3, 0.4) is 0 Å². The van der Waals surface area contributed by atoms with Crippen molar-refractivity contribution in [2.75, 3.05) is 0 Å². The summed E-state index contributed by atoms with van der Waals surface area (Å²) < 4.78 is 0. The molecule has 0 aromatic rings. The van der Waals surface area contributed by atoms with Crippen LogP contribution < -0.4 is 0 Å². The zero-order chi connectivity index (χ0) is 10.4. The minimum atomic E-state index is -0.772. The van der Waals surface area contributed by atoms with Crippen molar-refractivity contribution in [1.29, 1.82) is 0 Å². The van der Waals surface area contributed by atoms with Crippen LogP contribution >= 0.6 is 0 Å².